The largest absolute Gasteiger partial charge is 0.465 e. The summed E-state index contributed by atoms with van der Waals surface area (Å²) in [5, 5.41) is -0.485. The third kappa shape index (κ3) is 4.78. The summed E-state index contributed by atoms with van der Waals surface area (Å²) < 4.78 is 25.1. The number of esters is 2. The molecule has 1 aromatic heterocycles. The second-order valence-corrected chi connectivity index (χ2v) is 10.9. The molecule has 9 nitrogen and oxygen atoms in total. The summed E-state index contributed by atoms with van der Waals surface area (Å²) in [6, 6.07) is 11.6. The fraction of sp³-hybridized carbons (Fsp3) is 0.296. The standard InChI is InChI=1S/C27H23FN2O7S2/c1-3-36-18(31)13-29-25-22(39-27(29)35)19(14-5-9-16(28)10-6-14)20-21(38-25)24(33)30(23(20)32)17-11-7-15(8-12-17)26(34)37-4-2/h5-12,19-21H,3-4,13H2,1-2H3/t19-,20?,21?/m1/s1. The third-order valence-corrected chi connectivity index (χ3v) is 9.11. The Balaban J connectivity index is 1.57. The average Bonchev–Trinajstić information content (AvgIpc) is 3.36. The van der Waals surface area contributed by atoms with Crippen molar-refractivity contribution in [1.29, 1.82) is 0 Å². The first kappa shape index (κ1) is 26.8. The summed E-state index contributed by atoms with van der Waals surface area (Å²) in [7, 11) is 0. The van der Waals surface area contributed by atoms with E-state index >= 15 is 0 Å². The van der Waals surface area contributed by atoms with Crippen LogP contribution in [0.4, 0.5) is 10.1 Å². The lowest BCUT2D eigenvalue weighted by Gasteiger charge is -2.30. The maximum atomic E-state index is 13.9. The van der Waals surface area contributed by atoms with Crippen LogP contribution < -0.4 is 9.77 Å². The Labute approximate surface area is 230 Å². The van der Waals surface area contributed by atoms with E-state index in [2.05, 4.69) is 0 Å². The Hall–Kier alpha value is -3.77. The number of nitrogens with zero attached hydrogens (tertiary/aromatic N) is 2. The minimum atomic E-state index is -0.896. The SMILES string of the molecule is CCOC(=O)Cn1c2c(sc1=O)[C@H](c1ccc(F)cc1)C1C(=O)N(c3ccc(C(=O)OCC)cc3)C(=O)C1S2. The molecule has 3 atom stereocenters. The first-order valence-corrected chi connectivity index (χ1v) is 13.9. The molecule has 2 amide bonds. The van der Waals surface area contributed by atoms with E-state index in [4.69, 9.17) is 9.47 Å². The van der Waals surface area contributed by atoms with Gasteiger partial charge >= 0.3 is 16.8 Å². The van der Waals surface area contributed by atoms with Crippen LogP contribution in [0.1, 0.15) is 40.6 Å². The molecule has 0 bridgehead atoms. The van der Waals surface area contributed by atoms with Crippen molar-refractivity contribution in [1.82, 2.24) is 4.57 Å². The van der Waals surface area contributed by atoms with Crippen molar-refractivity contribution in [3.05, 3.63) is 80.0 Å². The number of anilines is 1. The number of imide groups is 1. The molecule has 0 saturated carbocycles. The third-order valence-electron chi connectivity index (χ3n) is 6.51. The number of thioether (sulfide) groups is 1. The van der Waals surface area contributed by atoms with Crippen molar-refractivity contribution >= 4 is 52.5 Å². The van der Waals surface area contributed by atoms with Crippen LogP contribution in [0.3, 0.4) is 0 Å². The zero-order valence-electron chi connectivity index (χ0n) is 20.9. The van der Waals surface area contributed by atoms with E-state index < -0.39 is 51.5 Å². The molecule has 3 aromatic rings. The smallest absolute Gasteiger partial charge is 0.338 e. The highest BCUT2D eigenvalue weighted by Crippen LogP contribution is 2.53. The second kappa shape index (κ2) is 10.8. The molecule has 0 radical (unpaired) electrons. The van der Waals surface area contributed by atoms with Gasteiger partial charge in [0.1, 0.15) is 17.6 Å². The Morgan fingerprint density at radius 2 is 1.59 bits per heavy atom. The first-order valence-electron chi connectivity index (χ1n) is 12.2. The number of benzene rings is 2. The van der Waals surface area contributed by atoms with Gasteiger partial charge in [-0.1, -0.05) is 35.2 Å². The van der Waals surface area contributed by atoms with Crippen LogP contribution in [0.25, 0.3) is 0 Å². The van der Waals surface area contributed by atoms with Crippen LogP contribution in [0.15, 0.2) is 58.4 Å². The van der Waals surface area contributed by atoms with Crippen LogP contribution >= 0.6 is 23.1 Å². The molecular formula is C27H23FN2O7S2. The van der Waals surface area contributed by atoms with Gasteiger partial charge in [-0.3, -0.25) is 23.7 Å². The van der Waals surface area contributed by atoms with E-state index in [-0.39, 0.29) is 31.0 Å². The lowest BCUT2D eigenvalue weighted by molar-refractivity contribution is -0.144. The van der Waals surface area contributed by atoms with E-state index in [0.717, 1.165) is 28.0 Å². The first-order chi connectivity index (χ1) is 18.7. The fourth-order valence-corrected chi connectivity index (χ4v) is 7.61. The molecule has 1 saturated heterocycles. The van der Waals surface area contributed by atoms with Gasteiger partial charge in [0.15, 0.2) is 0 Å². The van der Waals surface area contributed by atoms with Gasteiger partial charge in [-0.2, -0.15) is 0 Å². The van der Waals surface area contributed by atoms with E-state index in [1.54, 1.807) is 13.8 Å². The Morgan fingerprint density at radius 3 is 2.23 bits per heavy atom. The van der Waals surface area contributed by atoms with E-state index in [1.807, 2.05) is 0 Å². The maximum absolute atomic E-state index is 13.9. The van der Waals surface area contributed by atoms with Crippen LogP contribution in [-0.4, -0.2) is 46.8 Å². The Morgan fingerprint density at radius 1 is 0.923 bits per heavy atom. The number of rotatable bonds is 7. The molecule has 39 heavy (non-hydrogen) atoms. The Bertz CT molecular complexity index is 1510. The minimum Gasteiger partial charge on any atom is -0.465 e. The summed E-state index contributed by atoms with van der Waals surface area (Å²) in [5.41, 5.74) is 1.14. The fourth-order valence-electron chi connectivity index (χ4n) is 4.84. The van der Waals surface area contributed by atoms with Crippen molar-refractivity contribution in [3.63, 3.8) is 0 Å². The van der Waals surface area contributed by atoms with Gasteiger partial charge in [0, 0.05) is 10.8 Å². The highest BCUT2D eigenvalue weighted by atomic mass is 32.2. The molecule has 0 spiro atoms. The average molecular weight is 571 g/mol. The number of hydrogen-bond donors (Lipinski definition) is 0. The molecule has 0 aliphatic carbocycles. The number of aromatic nitrogens is 1. The number of thiazole rings is 1. The number of ether oxygens (including phenoxy) is 2. The van der Waals surface area contributed by atoms with Gasteiger partial charge in [-0.05, 0) is 55.8 Å². The number of halogens is 1. The van der Waals surface area contributed by atoms with Crippen LogP contribution in [0, 0.1) is 11.7 Å². The van der Waals surface area contributed by atoms with Crippen molar-refractivity contribution in [2.75, 3.05) is 18.1 Å². The van der Waals surface area contributed by atoms with Gasteiger partial charge < -0.3 is 9.47 Å². The van der Waals surface area contributed by atoms with Crippen LogP contribution in [0.2, 0.25) is 0 Å². The molecule has 1 fully saturated rings. The van der Waals surface area contributed by atoms with Gasteiger partial charge in [-0.15, -0.1) is 0 Å². The van der Waals surface area contributed by atoms with Gasteiger partial charge in [-0.25, -0.2) is 14.1 Å². The van der Waals surface area contributed by atoms with Gasteiger partial charge in [0.25, 0.3) is 0 Å². The number of hydrogen-bond acceptors (Lipinski definition) is 9. The van der Waals surface area contributed by atoms with Crippen molar-refractivity contribution in [2.45, 2.75) is 36.6 Å². The maximum Gasteiger partial charge on any atom is 0.338 e. The molecule has 2 aromatic carbocycles. The van der Waals surface area contributed by atoms with Crippen LogP contribution in [0.5, 0.6) is 0 Å². The topological polar surface area (TPSA) is 112 Å². The predicted octanol–water partition coefficient (Wildman–Crippen LogP) is 3.58. The van der Waals surface area contributed by atoms with Crippen molar-refractivity contribution < 1.29 is 33.0 Å². The van der Waals surface area contributed by atoms with Crippen molar-refractivity contribution in [2.24, 2.45) is 5.92 Å². The summed E-state index contributed by atoms with van der Waals surface area (Å²) >= 11 is 1.96. The molecule has 5 rings (SSSR count). The predicted molar refractivity (Wildman–Crippen MR) is 141 cm³/mol. The van der Waals surface area contributed by atoms with Gasteiger partial charge in [0.05, 0.1) is 35.4 Å². The number of carbonyl (C=O) groups excluding carboxylic acids is 4. The Kier molecular flexibility index (Phi) is 7.41. The van der Waals surface area contributed by atoms with E-state index in [1.165, 1.54) is 53.1 Å². The zero-order valence-corrected chi connectivity index (χ0v) is 22.6. The second-order valence-electron chi connectivity index (χ2n) is 8.80. The van der Waals surface area contributed by atoms with Crippen LogP contribution in [-0.2, 0) is 30.4 Å². The summed E-state index contributed by atoms with van der Waals surface area (Å²) in [6.07, 6.45) is 0. The molecular weight excluding hydrogens is 547 g/mol. The van der Waals surface area contributed by atoms with E-state index in [0.29, 0.717) is 15.5 Å². The normalized spacial score (nSPS) is 20.0. The lowest BCUT2D eigenvalue weighted by atomic mass is 9.83. The van der Waals surface area contributed by atoms with Crippen molar-refractivity contribution in [3.8, 4) is 0 Å². The summed E-state index contributed by atoms with van der Waals surface area (Å²) in [4.78, 5) is 66.0. The monoisotopic (exact) mass is 570 g/mol. The summed E-state index contributed by atoms with van der Waals surface area (Å²) in [6.45, 7) is 3.37. The van der Waals surface area contributed by atoms with E-state index in [9.17, 15) is 28.4 Å². The highest BCUT2D eigenvalue weighted by Gasteiger charge is 2.56. The minimum absolute atomic E-state index is 0.146. The number of fused-ring (bicyclic) bond motifs is 2. The molecule has 2 aliphatic rings. The van der Waals surface area contributed by atoms with Gasteiger partial charge in [0.2, 0.25) is 11.8 Å². The molecule has 3 heterocycles. The molecule has 2 aliphatic heterocycles. The summed E-state index contributed by atoms with van der Waals surface area (Å²) in [5.74, 6) is -4.14. The number of carbonyl (C=O) groups is 4. The molecule has 12 heteroatoms. The molecule has 0 N–H and O–H groups in total. The lowest BCUT2D eigenvalue weighted by Crippen LogP contribution is -2.32. The number of amides is 2. The quantitative estimate of drug-likeness (QED) is 0.313. The zero-order chi connectivity index (χ0) is 27.8. The molecule has 202 valence electrons. The highest BCUT2D eigenvalue weighted by molar-refractivity contribution is 8.00. The molecule has 2 unspecified atom stereocenters.